The maximum atomic E-state index is 5.67. The highest BCUT2D eigenvalue weighted by molar-refractivity contribution is 14.1. The van der Waals surface area contributed by atoms with Crippen LogP contribution < -0.4 is 10.1 Å². The molecular formula is C12H18INO. The first kappa shape index (κ1) is 12.8. The van der Waals surface area contributed by atoms with Crippen LogP contribution in [0.5, 0.6) is 5.75 Å². The fourth-order valence-corrected chi connectivity index (χ4v) is 1.75. The van der Waals surface area contributed by atoms with E-state index in [2.05, 4.69) is 47.8 Å². The van der Waals surface area contributed by atoms with E-state index in [1.807, 2.05) is 18.2 Å². The summed E-state index contributed by atoms with van der Waals surface area (Å²) in [6, 6.07) is 8.65. The molecule has 1 N–H and O–H groups in total. The van der Waals surface area contributed by atoms with E-state index in [0.717, 1.165) is 25.3 Å². The molecule has 2 nitrogen and oxygen atoms in total. The van der Waals surface area contributed by atoms with Crippen molar-refractivity contribution in [2.24, 2.45) is 0 Å². The highest BCUT2D eigenvalue weighted by Crippen LogP contribution is 2.19. The molecule has 3 heteroatoms. The van der Waals surface area contributed by atoms with Gasteiger partial charge in [0.05, 0.1) is 10.2 Å². The van der Waals surface area contributed by atoms with Crippen LogP contribution in [0.1, 0.15) is 20.3 Å². The van der Waals surface area contributed by atoms with Crippen LogP contribution in [0.4, 0.5) is 0 Å². The molecule has 0 saturated heterocycles. The Balaban J connectivity index is 2.18. The lowest BCUT2D eigenvalue weighted by Gasteiger charge is -2.10. The number of nitrogens with one attached hydrogen (secondary N) is 1. The molecule has 0 aliphatic carbocycles. The van der Waals surface area contributed by atoms with Crippen molar-refractivity contribution in [3.05, 3.63) is 27.8 Å². The number of benzene rings is 1. The Kier molecular flexibility index (Phi) is 6.02. The van der Waals surface area contributed by atoms with E-state index in [1.54, 1.807) is 0 Å². The molecule has 0 heterocycles. The fourth-order valence-electron chi connectivity index (χ4n) is 1.21. The normalized spacial score (nSPS) is 10.7. The van der Waals surface area contributed by atoms with E-state index in [9.17, 15) is 0 Å². The Morgan fingerprint density at radius 3 is 2.73 bits per heavy atom. The maximum Gasteiger partial charge on any atom is 0.132 e. The molecule has 0 amide bonds. The standard InChI is InChI=1S/C12H18INO/c1-10(2)14-8-5-9-15-12-7-4-3-6-11(12)13/h3-4,6-7,10,14H,5,8-9H2,1-2H3. The molecule has 0 saturated carbocycles. The number of ether oxygens (including phenoxy) is 1. The molecule has 0 unspecified atom stereocenters. The van der Waals surface area contributed by atoms with Gasteiger partial charge < -0.3 is 10.1 Å². The molecule has 84 valence electrons. The molecule has 1 aromatic rings. The highest BCUT2D eigenvalue weighted by atomic mass is 127. The smallest absolute Gasteiger partial charge is 0.132 e. The van der Waals surface area contributed by atoms with Crippen molar-refractivity contribution in [3.8, 4) is 5.75 Å². The van der Waals surface area contributed by atoms with Crippen molar-refractivity contribution in [3.63, 3.8) is 0 Å². The van der Waals surface area contributed by atoms with Crippen LogP contribution in [0, 0.1) is 3.57 Å². The van der Waals surface area contributed by atoms with Crippen LogP contribution in [0.25, 0.3) is 0 Å². The molecule has 1 rings (SSSR count). The molecule has 0 spiro atoms. The van der Waals surface area contributed by atoms with E-state index >= 15 is 0 Å². The lowest BCUT2D eigenvalue weighted by molar-refractivity contribution is 0.304. The quantitative estimate of drug-likeness (QED) is 0.643. The molecule has 15 heavy (non-hydrogen) atoms. The van der Waals surface area contributed by atoms with E-state index in [1.165, 1.54) is 3.57 Å². The van der Waals surface area contributed by atoms with Gasteiger partial charge in [0.25, 0.3) is 0 Å². The minimum absolute atomic E-state index is 0.557. The van der Waals surface area contributed by atoms with Crippen molar-refractivity contribution in [1.29, 1.82) is 0 Å². The third-order valence-corrected chi connectivity index (χ3v) is 2.86. The lowest BCUT2D eigenvalue weighted by atomic mass is 10.3. The Labute approximate surface area is 106 Å². The van der Waals surface area contributed by atoms with E-state index in [-0.39, 0.29) is 0 Å². The van der Waals surface area contributed by atoms with Gasteiger partial charge in [-0.3, -0.25) is 0 Å². The van der Waals surface area contributed by atoms with Crippen molar-refractivity contribution in [2.75, 3.05) is 13.2 Å². The number of para-hydroxylation sites is 1. The van der Waals surface area contributed by atoms with Gasteiger partial charge in [-0.2, -0.15) is 0 Å². The Hall–Kier alpha value is -0.290. The molecule has 0 radical (unpaired) electrons. The number of hydrogen-bond donors (Lipinski definition) is 1. The van der Waals surface area contributed by atoms with Gasteiger partial charge >= 0.3 is 0 Å². The van der Waals surface area contributed by atoms with Gasteiger partial charge in [-0.15, -0.1) is 0 Å². The van der Waals surface area contributed by atoms with E-state index in [0.29, 0.717) is 6.04 Å². The second-order valence-electron chi connectivity index (χ2n) is 3.74. The predicted molar refractivity (Wildman–Crippen MR) is 72.4 cm³/mol. The van der Waals surface area contributed by atoms with Gasteiger partial charge in [-0.25, -0.2) is 0 Å². The average Bonchev–Trinajstić information content (AvgIpc) is 2.20. The number of rotatable bonds is 6. The monoisotopic (exact) mass is 319 g/mol. The van der Waals surface area contributed by atoms with E-state index in [4.69, 9.17) is 4.74 Å². The SMILES string of the molecule is CC(C)NCCCOc1ccccc1I. The number of hydrogen-bond acceptors (Lipinski definition) is 2. The summed E-state index contributed by atoms with van der Waals surface area (Å²) in [7, 11) is 0. The van der Waals surface area contributed by atoms with Crippen LogP contribution in [0.15, 0.2) is 24.3 Å². The molecule has 0 aliphatic heterocycles. The minimum atomic E-state index is 0.557. The summed E-state index contributed by atoms with van der Waals surface area (Å²) in [6.07, 6.45) is 1.04. The molecule has 0 atom stereocenters. The molecular weight excluding hydrogens is 301 g/mol. The Morgan fingerprint density at radius 1 is 1.33 bits per heavy atom. The van der Waals surface area contributed by atoms with Gasteiger partial charge in [-0.05, 0) is 47.7 Å². The van der Waals surface area contributed by atoms with Crippen molar-refractivity contribution in [2.45, 2.75) is 26.3 Å². The third-order valence-electron chi connectivity index (χ3n) is 1.97. The van der Waals surface area contributed by atoms with Crippen LogP contribution >= 0.6 is 22.6 Å². The summed E-state index contributed by atoms with van der Waals surface area (Å²) < 4.78 is 6.84. The van der Waals surface area contributed by atoms with Gasteiger partial charge in [0.15, 0.2) is 0 Å². The van der Waals surface area contributed by atoms with E-state index < -0.39 is 0 Å². The fraction of sp³-hybridized carbons (Fsp3) is 0.500. The average molecular weight is 319 g/mol. The first-order valence-electron chi connectivity index (χ1n) is 5.31. The van der Waals surface area contributed by atoms with Crippen molar-refractivity contribution in [1.82, 2.24) is 5.32 Å². The largest absolute Gasteiger partial charge is 0.492 e. The predicted octanol–water partition coefficient (Wildman–Crippen LogP) is 3.06. The van der Waals surface area contributed by atoms with Crippen molar-refractivity contribution < 1.29 is 4.74 Å². The minimum Gasteiger partial charge on any atom is -0.492 e. The second-order valence-corrected chi connectivity index (χ2v) is 4.90. The maximum absolute atomic E-state index is 5.67. The summed E-state index contributed by atoms with van der Waals surface area (Å²) >= 11 is 2.29. The van der Waals surface area contributed by atoms with Gasteiger partial charge in [-0.1, -0.05) is 26.0 Å². The Morgan fingerprint density at radius 2 is 2.07 bits per heavy atom. The summed E-state index contributed by atoms with van der Waals surface area (Å²) in [5.74, 6) is 0.989. The zero-order chi connectivity index (χ0) is 11.1. The zero-order valence-corrected chi connectivity index (χ0v) is 11.5. The van der Waals surface area contributed by atoms with Crippen molar-refractivity contribution >= 4 is 22.6 Å². The molecule has 0 aromatic heterocycles. The van der Waals surface area contributed by atoms with Gasteiger partial charge in [0.1, 0.15) is 5.75 Å². The first-order chi connectivity index (χ1) is 7.20. The topological polar surface area (TPSA) is 21.3 Å². The highest BCUT2D eigenvalue weighted by Gasteiger charge is 1.98. The molecule has 1 aromatic carbocycles. The number of halogens is 1. The summed E-state index contributed by atoms with van der Waals surface area (Å²) in [5.41, 5.74) is 0. The van der Waals surface area contributed by atoms with Crippen LogP contribution in [-0.2, 0) is 0 Å². The molecule has 0 fully saturated rings. The molecule has 0 bridgehead atoms. The zero-order valence-electron chi connectivity index (χ0n) is 9.29. The summed E-state index contributed by atoms with van der Waals surface area (Å²) in [5, 5.41) is 3.36. The molecule has 0 aliphatic rings. The second kappa shape index (κ2) is 7.06. The summed E-state index contributed by atoms with van der Waals surface area (Å²) in [4.78, 5) is 0. The van der Waals surface area contributed by atoms with Gasteiger partial charge in [0, 0.05) is 6.04 Å². The Bertz CT molecular complexity index is 289. The van der Waals surface area contributed by atoms with Crippen LogP contribution in [0.3, 0.4) is 0 Å². The van der Waals surface area contributed by atoms with Gasteiger partial charge in [0.2, 0.25) is 0 Å². The summed E-state index contributed by atoms with van der Waals surface area (Å²) in [6.45, 7) is 6.10. The van der Waals surface area contributed by atoms with Crippen LogP contribution in [0.2, 0.25) is 0 Å². The first-order valence-corrected chi connectivity index (χ1v) is 6.38. The van der Waals surface area contributed by atoms with Crippen LogP contribution in [-0.4, -0.2) is 19.2 Å². The third kappa shape index (κ3) is 5.37. The lowest BCUT2D eigenvalue weighted by Crippen LogP contribution is -2.24.